The second kappa shape index (κ2) is 5.82. The minimum atomic E-state index is -0.0530. The Balaban J connectivity index is 2.48. The molecule has 0 aliphatic rings. The molecule has 3 N–H and O–H groups in total. The van der Waals surface area contributed by atoms with Crippen LogP contribution in [0, 0.1) is 5.92 Å². The quantitative estimate of drug-likeness (QED) is 0.877. The summed E-state index contributed by atoms with van der Waals surface area (Å²) in [7, 11) is 0. The summed E-state index contributed by atoms with van der Waals surface area (Å²) in [6.45, 7) is 2.45. The van der Waals surface area contributed by atoms with Crippen molar-refractivity contribution in [3.8, 4) is 0 Å². The van der Waals surface area contributed by atoms with E-state index >= 15 is 0 Å². The van der Waals surface area contributed by atoms with Gasteiger partial charge in [-0.15, -0.1) is 0 Å². The molecule has 4 nitrogen and oxygen atoms in total. The number of carbonyl (C=O) groups is 1. The smallest absolute Gasteiger partial charge is 0.225 e. The molecule has 0 saturated heterocycles. The van der Waals surface area contributed by atoms with Crippen LogP contribution in [0.4, 0.5) is 5.82 Å². The first-order valence-electron chi connectivity index (χ1n) is 4.73. The fourth-order valence-electron chi connectivity index (χ4n) is 1.04. The van der Waals surface area contributed by atoms with Gasteiger partial charge in [0.2, 0.25) is 5.91 Å². The van der Waals surface area contributed by atoms with Gasteiger partial charge in [-0.25, -0.2) is 4.98 Å². The molecule has 15 heavy (non-hydrogen) atoms. The van der Waals surface area contributed by atoms with Crippen LogP contribution >= 0.6 is 15.9 Å². The Morgan fingerprint density at radius 2 is 2.40 bits per heavy atom. The molecule has 5 heteroatoms. The molecule has 1 amide bonds. The van der Waals surface area contributed by atoms with Crippen molar-refractivity contribution in [1.82, 2.24) is 4.98 Å². The number of halogens is 1. The van der Waals surface area contributed by atoms with Gasteiger partial charge in [0.25, 0.3) is 0 Å². The molecule has 0 aromatic carbocycles. The molecule has 0 spiro atoms. The maximum absolute atomic E-state index is 11.4. The van der Waals surface area contributed by atoms with E-state index < -0.39 is 0 Å². The van der Waals surface area contributed by atoms with Crippen LogP contribution in [0.3, 0.4) is 0 Å². The number of pyridine rings is 1. The molecular weight excluding hydrogens is 258 g/mol. The van der Waals surface area contributed by atoms with Crippen molar-refractivity contribution in [2.24, 2.45) is 11.7 Å². The lowest BCUT2D eigenvalue weighted by molar-refractivity contribution is -0.116. The molecule has 1 heterocycles. The minimum Gasteiger partial charge on any atom is -0.330 e. The SMILES string of the molecule is CC(CN)CC(=O)Nc1ccc(Br)cn1. The van der Waals surface area contributed by atoms with E-state index in [2.05, 4.69) is 26.2 Å². The number of rotatable bonds is 4. The summed E-state index contributed by atoms with van der Waals surface area (Å²) in [6.07, 6.45) is 2.07. The van der Waals surface area contributed by atoms with Crippen molar-refractivity contribution in [3.05, 3.63) is 22.8 Å². The lowest BCUT2D eigenvalue weighted by Gasteiger charge is -2.08. The lowest BCUT2D eigenvalue weighted by atomic mass is 10.1. The largest absolute Gasteiger partial charge is 0.330 e. The normalized spacial score (nSPS) is 12.2. The molecule has 1 aromatic rings. The summed E-state index contributed by atoms with van der Waals surface area (Å²) in [5.74, 6) is 0.704. The number of nitrogens with zero attached hydrogens (tertiary/aromatic N) is 1. The minimum absolute atomic E-state index is 0.0530. The van der Waals surface area contributed by atoms with E-state index in [9.17, 15) is 4.79 Å². The number of anilines is 1. The van der Waals surface area contributed by atoms with Gasteiger partial charge in [0.05, 0.1) is 0 Å². The van der Waals surface area contributed by atoms with Gasteiger partial charge in [0, 0.05) is 17.1 Å². The van der Waals surface area contributed by atoms with Crippen LogP contribution in [-0.2, 0) is 4.79 Å². The van der Waals surface area contributed by atoms with Gasteiger partial charge in [-0.05, 0) is 40.5 Å². The molecule has 0 fully saturated rings. The van der Waals surface area contributed by atoms with Gasteiger partial charge >= 0.3 is 0 Å². The lowest BCUT2D eigenvalue weighted by Crippen LogP contribution is -2.20. The van der Waals surface area contributed by atoms with E-state index in [1.807, 2.05) is 13.0 Å². The summed E-state index contributed by atoms with van der Waals surface area (Å²) < 4.78 is 0.885. The first-order chi connectivity index (χ1) is 7.11. The first kappa shape index (κ1) is 12.1. The summed E-state index contributed by atoms with van der Waals surface area (Å²) in [5.41, 5.74) is 5.43. The second-order valence-electron chi connectivity index (χ2n) is 3.45. The summed E-state index contributed by atoms with van der Waals surface area (Å²) >= 11 is 3.27. The van der Waals surface area contributed by atoms with Crippen LogP contribution < -0.4 is 11.1 Å². The van der Waals surface area contributed by atoms with Crippen molar-refractivity contribution in [2.45, 2.75) is 13.3 Å². The van der Waals surface area contributed by atoms with Gasteiger partial charge in [-0.3, -0.25) is 4.79 Å². The van der Waals surface area contributed by atoms with Crippen molar-refractivity contribution < 1.29 is 4.79 Å². The third-order valence-corrected chi connectivity index (χ3v) is 2.40. The zero-order chi connectivity index (χ0) is 11.3. The molecule has 0 aliphatic heterocycles. The van der Waals surface area contributed by atoms with E-state index in [0.29, 0.717) is 18.8 Å². The average Bonchev–Trinajstić information content (AvgIpc) is 2.21. The van der Waals surface area contributed by atoms with E-state index in [4.69, 9.17) is 5.73 Å². The summed E-state index contributed by atoms with van der Waals surface area (Å²) in [5, 5.41) is 2.71. The highest BCUT2D eigenvalue weighted by molar-refractivity contribution is 9.10. The van der Waals surface area contributed by atoms with Gasteiger partial charge in [-0.1, -0.05) is 6.92 Å². The molecule has 0 radical (unpaired) electrons. The Kier molecular flexibility index (Phi) is 4.71. The highest BCUT2D eigenvalue weighted by Gasteiger charge is 2.07. The zero-order valence-electron chi connectivity index (χ0n) is 8.53. The molecule has 0 aliphatic carbocycles. The number of nitrogens with two attached hydrogens (primary N) is 1. The number of amides is 1. The Hall–Kier alpha value is -0.940. The van der Waals surface area contributed by atoms with E-state index in [1.165, 1.54) is 0 Å². The molecule has 82 valence electrons. The number of nitrogens with one attached hydrogen (secondary N) is 1. The molecule has 0 saturated carbocycles. The third-order valence-electron chi connectivity index (χ3n) is 1.93. The van der Waals surface area contributed by atoms with Crippen LogP contribution in [0.5, 0.6) is 0 Å². The van der Waals surface area contributed by atoms with E-state index in [0.717, 1.165) is 4.47 Å². The Morgan fingerprint density at radius 1 is 1.67 bits per heavy atom. The molecule has 0 bridgehead atoms. The Morgan fingerprint density at radius 3 is 2.93 bits per heavy atom. The maximum atomic E-state index is 11.4. The van der Waals surface area contributed by atoms with Gasteiger partial charge in [0.1, 0.15) is 5.82 Å². The van der Waals surface area contributed by atoms with Crippen LogP contribution in [0.15, 0.2) is 22.8 Å². The third kappa shape index (κ3) is 4.40. The molecule has 1 unspecified atom stereocenters. The van der Waals surface area contributed by atoms with E-state index in [-0.39, 0.29) is 11.8 Å². The van der Waals surface area contributed by atoms with E-state index in [1.54, 1.807) is 12.3 Å². The Labute approximate surface area is 97.4 Å². The fraction of sp³-hybridized carbons (Fsp3) is 0.400. The molecule has 1 rings (SSSR count). The van der Waals surface area contributed by atoms with Crippen molar-refractivity contribution in [3.63, 3.8) is 0 Å². The zero-order valence-corrected chi connectivity index (χ0v) is 10.1. The second-order valence-corrected chi connectivity index (χ2v) is 4.37. The highest BCUT2D eigenvalue weighted by Crippen LogP contribution is 2.11. The molecular formula is C10H14BrN3O. The first-order valence-corrected chi connectivity index (χ1v) is 5.52. The van der Waals surface area contributed by atoms with Crippen LogP contribution in [-0.4, -0.2) is 17.4 Å². The predicted molar refractivity (Wildman–Crippen MR) is 63.4 cm³/mol. The topological polar surface area (TPSA) is 68.0 Å². The van der Waals surface area contributed by atoms with Crippen LogP contribution in [0.1, 0.15) is 13.3 Å². The van der Waals surface area contributed by atoms with Crippen LogP contribution in [0.2, 0.25) is 0 Å². The monoisotopic (exact) mass is 271 g/mol. The van der Waals surface area contributed by atoms with Crippen molar-refractivity contribution >= 4 is 27.7 Å². The van der Waals surface area contributed by atoms with Crippen LogP contribution in [0.25, 0.3) is 0 Å². The average molecular weight is 272 g/mol. The van der Waals surface area contributed by atoms with Crippen molar-refractivity contribution in [1.29, 1.82) is 0 Å². The number of hydrogen-bond acceptors (Lipinski definition) is 3. The number of aromatic nitrogens is 1. The highest BCUT2D eigenvalue weighted by atomic mass is 79.9. The predicted octanol–water partition coefficient (Wildman–Crippen LogP) is 1.77. The van der Waals surface area contributed by atoms with Gasteiger partial charge in [0.15, 0.2) is 0 Å². The standard InChI is InChI=1S/C10H14BrN3O/c1-7(5-12)4-10(15)14-9-3-2-8(11)6-13-9/h2-3,6-7H,4-5,12H2,1H3,(H,13,14,15). The fourth-order valence-corrected chi connectivity index (χ4v) is 1.28. The number of carbonyl (C=O) groups excluding carboxylic acids is 1. The van der Waals surface area contributed by atoms with Gasteiger partial charge < -0.3 is 11.1 Å². The molecule has 1 aromatic heterocycles. The Bertz CT molecular complexity index is 326. The van der Waals surface area contributed by atoms with Gasteiger partial charge in [-0.2, -0.15) is 0 Å². The molecule has 1 atom stereocenters. The summed E-state index contributed by atoms with van der Waals surface area (Å²) in [4.78, 5) is 15.5. The summed E-state index contributed by atoms with van der Waals surface area (Å²) in [6, 6.07) is 3.57. The number of hydrogen-bond donors (Lipinski definition) is 2. The van der Waals surface area contributed by atoms with Crippen molar-refractivity contribution in [2.75, 3.05) is 11.9 Å². The maximum Gasteiger partial charge on any atom is 0.225 e.